The van der Waals surface area contributed by atoms with Gasteiger partial charge in [0.25, 0.3) is 0 Å². The molecule has 1 fully saturated rings. The number of halogens is 1. The summed E-state index contributed by atoms with van der Waals surface area (Å²) in [7, 11) is 0.459. The van der Waals surface area contributed by atoms with E-state index < -0.39 is 16.1 Å². The lowest BCUT2D eigenvalue weighted by Gasteiger charge is -2.26. The Kier molecular flexibility index (Phi) is 6.53. The number of amides is 1. The molecule has 1 aromatic rings. The molecule has 1 amide bonds. The van der Waals surface area contributed by atoms with Gasteiger partial charge in [-0.05, 0) is 57.6 Å². The van der Waals surface area contributed by atoms with E-state index in [1.165, 1.54) is 16.4 Å². The second kappa shape index (κ2) is 8.25. The molecule has 0 spiro atoms. The van der Waals surface area contributed by atoms with Crippen molar-refractivity contribution in [1.29, 1.82) is 0 Å². The fraction of sp³-hybridized carbons (Fsp3) is 0.588. The fourth-order valence-electron chi connectivity index (χ4n) is 3.07. The standard InChI is InChI=1S/C17H26FN3O3S/c1-20(2)12-10-15(13-6-8-14(18)9-7-13)19-17(22)16-5-4-11-21(16)25(3,23)24/h6-9,15-16H,4-5,10-12H2,1-3H3,(H,19,22). The zero-order chi connectivity index (χ0) is 18.6. The molecule has 1 aliphatic rings. The second-order valence-corrected chi connectivity index (χ2v) is 8.67. The lowest BCUT2D eigenvalue weighted by atomic mass is 10.0. The number of nitrogens with zero attached hydrogens (tertiary/aromatic N) is 2. The molecule has 1 heterocycles. The van der Waals surface area contributed by atoms with Crippen LogP contribution in [0.3, 0.4) is 0 Å². The van der Waals surface area contributed by atoms with Crippen molar-refractivity contribution in [2.75, 3.05) is 33.4 Å². The van der Waals surface area contributed by atoms with Crippen LogP contribution in [0.4, 0.5) is 4.39 Å². The van der Waals surface area contributed by atoms with Gasteiger partial charge in [0.15, 0.2) is 0 Å². The molecule has 8 heteroatoms. The Morgan fingerprint density at radius 1 is 1.36 bits per heavy atom. The van der Waals surface area contributed by atoms with Gasteiger partial charge in [-0.15, -0.1) is 0 Å². The number of carbonyl (C=O) groups excluding carboxylic acids is 1. The van der Waals surface area contributed by atoms with Crippen molar-refractivity contribution >= 4 is 15.9 Å². The molecule has 0 saturated carbocycles. The molecule has 140 valence electrons. The first-order valence-electron chi connectivity index (χ1n) is 8.36. The van der Waals surface area contributed by atoms with Crippen LogP contribution in [0.2, 0.25) is 0 Å². The fourth-order valence-corrected chi connectivity index (χ4v) is 4.20. The highest BCUT2D eigenvalue weighted by atomic mass is 32.2. The number of rotatable bonds is 7. The molecule has 1 aliphatic heterocycles. The van der Waals surface area contributed by atoms with E-state index in [9.17, 15) is 17.6 Å². The van der Waals surface area contributed by atoms with Crippen LogP contribution in [0.1, 0.15) is 30.9 Å². The Morgan fingerprint density at radius 3 is 2.56 bits per heavy atom. The number of benzene rings is 1. The molecule has 1 saturated heterocycles. The maximum Gasteiger partial charge on any atom is 0.238 e. The highest BCUT2D eigenvalue weighted by Gasteiger charge is 2.37. The summed E-state index contributed by atoms with van der Waals surface area (Å²) in [5, 5.41) is 2.96. The lowest BCUT2D eigenvalue weighted by Crippen LogP contribution is -2.46. The van der Waals surface area contributed by atoms with Gasteiger partial charge in [0, 0.05) is 6.54 Å². The molecule has 2 unspecified atom stereocenters. The van der Waals surface area contributed by atoms with Gasteiger partial charge < -0.3 is 10.2 Å². The summed E-state index contributed by atoms with van der Waals surface area (Å²) in [6, 6.07) is 5.07. The van der Waals surface area contributed by atoms with E-state index in [2.05, 4.69) is 5.32 Å². The van der Waals surface area contributed by atoms with E-state index in [1.54, 1.807) is 12.1 Å². The van der Waals surface area contributed by atoms with Gasteiger partial charge in [-0.2, -0.15) is 4.31 Å². The molecule has 0 aromatic heterocycles. The minimum atomic E-state index is -3.41. The summed E-state index contributed by atoms with van der Waals surface area (Å²) in [5.74, 6) is -0.628. The average molecular weight is 371 g/mol. The molecule has 1 N–H and O–H groups in total. The Morgan fingerprint density at radius 2 is 2.00 bits per heavy atom. The molecule has 6 nitrogen and oxygen atoms in total. The third kappa shape index (κ3) is 5.49. The van der Waals surface area contributed by atoms with E-state index in [0.29, 0.717) is 25.8 Å². The van der Waals surface area contributed by atoms with Crippen molar-refractivity contribution < 1.29 is 17.6 Å². The molecule has 0 bridgehead atoms. The molecular weight excluding hydrogens is 345 g/mol. The van der Waals surface area contributed by atoms with Crippen LogP contribution >= 0.6 is 0 Å². The minimum absolute atomic E-state index is 0.294. The van der Waals surface area contributed by atoms with Crippen molar-refractivity contribution in [1.82, 2.24) is 14.5 Å². The topological polar surface area (TPSA) is 69.7 Å². The van der Waals surface area contributed by atoms with Crippen molar-refractivity contribution in [3.63, 3.8) is 0 Å². The Hall–Kier alpha value is -1.51. The number of hydrogen-bond donors (Lipinski definition) is 1. The largest absolute Gasteiger partial charge is 0.348 e. The van der Waals surface area contributed by atoms with E-state index >= 15 is 0 Å². The highest BCUT2D eigenvalue weighted by Crippen LogP contribution is 2.23. The zero-order valence-corrected chi connectivity index (χ0v) is 15.7. The number of hydrogen-bond acceptors (Lipinski definition) is 4. The number of nitrogens with one attached hydrogen (secondary N) is 1. The lowest BCUT2D eigenvalue weighted by molar-refractivity contribution is -0.125. The predicted molar refractivity (Wildman–Crippen MR) is 95.0 cm³/mol. The molecule has 2 rings (SSSR count). The van der Waals surface area contributed by atoms with E-state index in [1.807, 2.05) is 19.0 Å². The normalized spacial score (nSPS) is 20.0. The van der Waals surface area contributed by atoms with E-state index in [-0.39, 0.29) is 17.8 Å². The number of carbonyl (C=O) groups is 1. The van der Waals surface area contributed by atoms with Gasteiger partial charge in [-0.25, -0.2) is 12.8 Å². The van der Waals surface area contributed by atoms with Gasteiger partial charge >= 0.3 is 0 Å². The molecule has 2 atom stereocenters. The van der Waals surface area contributed by atoms with Crippen molar-refractivity contribution in [3.8, 4) is 0 Å². The molecular formula is C17H26FN3O3S. The van der Waals surface area contributed by atoms with Gasteiger partial charge in [-0.3, -0.25) is 4.79 Å². The smallest absolute Gasteiger partial charge is 0.238 e. The molecule has 25 heavy (non-hydrogen) atoms. The predicted octanol–water partition coefficient (Wildman–Crippen LogP) is 1.36. The van der Waals surface area contributed by atoms with Gasteiger partial charge in [0.05, 0.1) is 12.3 Å². The first-order valence-corrected chi connectivity index (χ1v) is 10.2. The summed E-state index contributed by atoms with van der Waals surface area (Å²) in [5.41, 5.74) is 0.806. The SMILES string of the molecule is CN(C)CCC(NC(=O)C1CCCN1S(C)(=O)=O)c1ccc(F)cc1. The van der Waals surface area contributed by atoms with Crippen LogP contribution in [0.25, 0.3) is 0 Å². The van der Waals surface area contributed by atoms with Crippen LogP contribution in [0.15, 0.2) is 24.3 Å². The monoisotopic (exact) mass is 371 g/mol. The summed E-state index contributed by atoms with van der Waals surface area (Å²) >= 11 is 0. The van der Waals surface area contributed by atoms with Crippen LogP contribution in [-0.2, 0) is 14.8 Å². The average Bonchev–Trinajstić information content (AvgIpc) is 3.02. The quantitative estimate of drug-likeness (QED) is 0.786. The summed E-state index contributed by atoms with van der Waals surface area (Å²) in [4.78, 5) is 14.7. The third-order valence-corrected chi connectivity index (χ3v) is 5.68. The van der Waals surface area contributed by atoms with Gasteiger partial charge in [-0.1, -0.05) is 12.1 Å². The zero-order valence-electron chi connectivity index (χ0n) is 14.9. The van der Waals surface area contributed by atoms with E-state index in [4.69, 9.17) is 0 Å². The molecule has 1 aromatic carbocycles. The summed E-state index contributed by atoms with van der Waals surface area (Å²) < 4.78 is 38.2. The van der Waals surface area contributed by atoms with Crippen LogP contribution in [-0.4, -0.2) is 63.0 Å². The van der Waals surface area contributed by atoms with Crippen molar-refractivity contribution in [2.24, 2.45) is 0 Å². The Balaban J connectivity index is 2.14. The summed E-state index contributed by atoms with van der Waals surface area (Å²) in [6.07, 6.45) is 2.96. The molecule has 0 aliphatic carbocycles. The maximum absolute atomic E-state index is 13.2. The number of sulfonamides is 1. The minimum Gasteiger partial charge on any atom is -0.348 e. The maximum atomic E-state index is 13.2. The van der Waals surface area contributed by atoms with E-state index in [0.717, 1.165) is 18.4 Å². The summed E-state index contributed by atoms with van der Waals surface area (Å²) in [6.45, 7) is 1.11. The van der Waals surface area contributed by atoms with Crippen molar-refractivity contribution in [3.05, 3.63) is 35.6 Å². The van der Waals surface area contributed by atoms with Crippen LogP contribution < -0.4 is 5.32 Å². The van der Waals surface area contributed by atoms with Crippen LogP contribution in [0.5, 0.6) is 0 Å². The van der Waals surface area contributed by atoms with Crippen LogP contribution in [0, 0.1) is 5.82 Å². The molecule has 0 radical (unpaired) electrons. The Labute approximate surface area is 149 Å². The van der Waals surface area contributed by atoms with Crippen molar-refractivity contribution in [2.45, 2.75) is 31.3 Å². The second-order valence-electron chi connectivity index (χ2n) is 6.74. The van der Waals surface area contributed by atoms with Gasteiger partial charge in [0.2, 0.25) is 15.9 Å². The first-order chi connectivity index (χ1) is 11.7. The highest BCUT2D eigenvalue weighted by molar-refractivity contribution is 7.88. The third-order valence-electron chi connectivity index (χ3n) is 4.39. The van der Waals surface area contributed by atoms with Gasteiger partial charge in [0.1, 0.15) is 11.9 Å². The first kappa shape index (κ1) is 19.8. The Bertz CT molecular complexity index is 692.